The summed E-state index contributed by atoms with van der Waals surface area (Å²) >= 11 is 0. The molecule has 174 valence electrons. The smallest absolute Gasteiger partial charge is 0.225 e. The highest BCUT2D eigenvalue weighted by Gasteiger charge is 2.22. The number of ether oxygens (including phenoxy) is 1. The summed E-state index contributed by atoms with van der Waals surface area (Å²) in [6, 6.07) is 15.7. The van der Waals surface area contributed by atoms with E-state index in [1.54, 1.807) is 0 Å². The van der Waals surface area contributed by atoms with Crippen LogP contribution in [-0.4, -0.2) is 56.3 Å². The van der Waals surface area contributed by atoms with Gasteiger partial charge in [0, 0.05) is 45.2 Å². The predicted molar refractivity (Wildman–Crippen MR) is 136 cm³/mol. The van der Waals surface area contributed by atoms with E-state index in [2.05, 4.69) is 57.8 Å². The molecule has 1 aliphatic carbocycles. The highest BCUT2D eigenvalue weighted by atomic mass is 16.5. The summed E-state index contributed by atoms with van der Waals surface area (Å²) in [5.41, 5.74) is 3.45. The maximum absolute atomic E-state index is 5.85. The van der Waals surface area contributed by atoms with E-state index in [-0.39, 0.29) is 0 Å². The molecule has 2 aromatic carbocycles. The van der Waals surface area contributed by atoms with Crippen LogP contribution in [0.15, 0.2) is 42.5 Å². The number of hydrogen-bond donors (Lipinski definition) is 2. The lowest BCUT2D eigenvalue weighted by Gasteiger charge is -2.30. The number of nitrogens with one attached hydrogen (secondary N) is 2. The first kappa shape index (κ1) is 21.8. The lowest BCUT2D eigenvalue weighted by molar-refractivity contribution is 0.310. The summed E-state index contributed by atoms with van der Waals surface area (Å²) in [6.45, 7) is 2.58. The summed E-state index contributed by atoms with van der Waals surface area (Å²) in [7, 11) is 6.18. The first-order chi connectivity index (χ1) is 16.1. The normalized spacial score (nSPS) is 20.3. The molecule has 1 fully saturated rings. The molecular weight excluding hydrogens is 412 g/mol. The zero-order valence-corrected chi connectivity index (χ0v) is 19.8. The molecule has 1 aliphatic heterocycles. The number of likely N-dealkylation sites (N-methyl/N-ethyl adjacent to an activating group) is 1. The maximum atomic E-state index is 5.85. The highest BCUT2D eigenvalue weighted by Crippen LogP contribution is 2.32. The third-order valence-corrected chi connectivity index (χ3v) is 6.78. The largest absolute Gasteiger partial charge is 0.490 e. The van der Waals surface area contributed by atoms with Crippen molar-refractivity contribution in [2.75, 3.05) is 49.4 Å². The van der Waals surface area contributed by atoms with E-state index in [4.69, 9.17) is 14.7 Å². The Balaban J connectivity index is 1.16. The van der Waals surface area contributed by atoms with Crippen molar-refractivity contribution >= 4 is 28.4 Å². The Bertz CT molecular complexity index is 1110. The predicted octanol–water partition coefficient (Wildman–Crippen LogP) is 4.04. The third-order valence-electron chi connectivity index (χ3n) is 6.78. The van der Waals surface area contributed by atoms with E-state index in [9.17, 15) is 0 Å². The van der Waals surface area contributed by atoms with Gasteiger partial charge in [-0.25, -0.2) is 4.98 Å². The number of nitrogens with zero attached hydrogens (tertiary/aromatic N) is 4. The van der Waals surface area contributed by atoms with Crippen molar-refractivity contribution in [2.45, 2.75) is 44.3 Å². The van der Waals surface area contributed by atoms with Gasteiger partial charge in [-0.2, -0.15) is 4.98 Å². The van der Waals surface area contributed by atoms with Gasteiger partial charge < -0.3 is 25.2 Å². The minimum Gasteiger partial charge on any atom is -0.490 e. The molecule has 7 heteroatoms. The molecule has 2 aliphatic rings. The van der Waals surface area contributed by atoms with Gasteiger partial charge in [-0.15, -0.1) is 0 Å². The first-order valence-electron chi connectivity index (χ1n) is 12.0. The first-order valence-corrected chi connectivity index (χ1v) is 12.0. The summed E-state index contributed by atoms with van der Waals surface area (Å²) in [4.78, 5) is 13.9. The molecule has 2 heterocycles. The van der Waals surface area contributed by atoms with Crippen LogP contribution in [0.5, 0.6) is 5.75 Å². The number of hydrogen-bond acceptors (Lipinski definition) is 7. The van der Waals surface area contributed by atoms with Crippen molar-refractivity contribution in [1.82, 2.24) is 15.3 Å². The van der Waals surface area contributed by atoms with E-state index in [0.717, 1.165) is 73.8 Å². The van der Waals surface area contributed by atoms with Crippen LogP contribution in [0.2, 0.25) is 0 Å². The van der Waals surface area contributed by atoms with Crippen molar-refractivity contribution in [1.29, 1.82) is 0 Å². The van der Waals surface area contributed by atoms with Crippen LogP contribution in [-0.2, 0) is 6.54 Å². The SMILES string of the molecule is CN(C)c1nc(N[C@H]2CC[C@@H](NCc3ccc4c(c3)OCCN4C)CC2)nc2ccccc12. The van der Waals surface area contributed by atoms with Gasteiger partial charge in [0.2, 0.25) is 5.95 Å². The maximum Gasteiger partial charge on any atom is 0.225 e. The quantitative estimate of drug-likeness (QED) is 0.592. The van der Waals surface area contributed by atoms with Gasteiger partial charge in [-0.05, 0) is 55.5 Å². The Labute approximate surface area is 196 Å². The van der Waals surface area contributed by atoms with Gasteiger partial charge in [-0.3, -0.25) is 0 Å². The molecule has 0 saturated heterocycles. The zero-order chi connectivity index (χ0) is 22.8. The standard InChI is InChI=1S/C26H34N6O/c1-31(2)25-21-6-4-5-7-22(21)29-26(30-25)28-20-11-9-19(10-12-20)27-17-18-8-13-23-24(16-18)33-15-14-32(23)3/h4-8,13,16,19-20,27H,9-12,14-15,17H2,1-3H3,(H,28,29,30)/t19-,20+. The second-order valence-corrected chi connectivity index (χ2v) is 9.43. The van der Waals surface area contributed by atoms with Crippen LogP contribution < -0.4 is 25.2 Å². The van der Waals surface area contributed by atoms with E-state index in [1.807, 2.05) is 26.2 Å². The number of para-hydroxylation sites is 1. The van der Waals surface area contributed by atoms with Gasteiger partial charge in [0.25, 0.3) is 0 Å². The number of fused-ring (bicyclic) bond motifs is 2. The Kier molecular flexibility index (Phi) is 6.22. The van der Waals surface area contributed by atoms with Gasteiger partial charge in [0.05, 0.1) is 17.7 Å². The molecule has 1 saturated carbocycles. The van der Waals surface area contributed by atoms with Gasteiger partial charge >= 0.3 is 0 Å². The molecule has 2 N–H and O–H groups in total. The van der Waals surface area contributed by atoms with Crippen LogP contribution >= 0.6 is 0 Å². The number of aromatic nitrogens is 2. The fourth-order valence-corrected chi connectivity index (χ4v) is 4.86. The van der Waals surface area contributed by atoms with Crippen molar-refractivity contribution in [2.24, 2.45) is 0 Å². The monoisotopic (exact) mass is 446 g/mol. The van der Waals surface area contributed by atoms with E-state index in [1.165, 1.54) is 11.3 Å². The van der Waals surface area contributed by atoms with Crippen molar-refractivity contribution < 1.29 is 4.74 Å². The second kappa shape index (κ2) is 9.43. The van der Waals surface area contributed by atoms with Crippen molar-refractivity contribution in [3.8, 4) is 5.75 Å². The minimum absolute atomic E-state index is 0.409. The molecule has 0 bridgehead atoms. The molecule has 5 rings (SSSR count). The molecule has 1 aromatic heterocycles. The zero-order valence-electron chi connectivity index (χ0n) is 19.8. The average Bonchev–Trinajstić information content (AvgIpc) is 2.83. The van der Waals surface area contributed by atoms with Gasteiger partial charge in [-0.1, -0.05) is 18.2 Å². The van der Waals surface area contributed by atoms with Crippen LogP contribution in [0.25, 0.3) is 10.9 Å². The van der Waals surface area contributed by atoms with E-state index in [0.29, 0.717) is 12.1 Å². The fourth-order valence-electron chi connectivity index (χ4n) is 4.86. The van der Waals surface area contributed by atoms with Gasteiger partial charge in [0.1, 0.15) is 18.2 Å². The number of benzene rings is 2. The van der Waals surface area contributed by atoms with E-state index >= 15 is 0 Å². The summed E-state index contributed by atoms with van der Waals surface area (Å²) in [6.07, 6.45) is 4.53. The summed E-state index contributed by atoms with van der Waals surface area (Å²) in [5.74, 6) is 2.69. The minimum atomic E-state index is 0.409. The summed E-state index contributed by atoms with van der Waals surface area (Å²) < 4.78 is 5.85. The fraction of sp³-hybridized carbons (Fsp3) is 0.462. The molecule has 7 nitrogen and oxygen atoms in total. The molecule has 0 atom stereocenters. The molecule has 0 radical (unpaired) electrons. The Morgan fingerprint density at radius 2 is 1.82 bits per heavy atom. The molecule has 0 spiro atoms. The van der Waals surface area contributed by atoms with Crippen LogP contribution in [0, 0.1) is 0 Å². The number of anilines is 3. The Morgan fingerprint density at radius 1 is 1.03 bits per heavy atom. The lowest BCUT2D eigenvalue weighted by Crippen LogP contribution is -2.37. The second-order valence-electron chi connectivity index (χ2n) is 9.43. The van der Waals surface area contributed by atoms with Crippen LogP contribution in [0.3, 0.4) is 0 Å². The van der Waals surface area contributed by atoms with Crippen molar-refractivity contribution in [3.05, 3.63) is 48.0 Å². The third kappa shape index (κ3) is 4.83. The summed E-state index contributed by atoms with van der Waals surface area (Å²) in [5, 5.41) is 8.44. The average molecular weight is 447 g/mol. The molecule has 0 unspecified atom stereocenters. The Hall–Kier alpha value is -3.06. The number of rotatable bonds is 6. The Morgan fingerprint density at radius 3 is 2.64 bits per heavy atom. The topological polar surface area (TPSA) is 65.6 Å². The van der Waals surface area contributed by atoms with Crippen LogP contribution in [0.4, 0.5) is 17.5 Å². The highest BCUT2D eigenvalue weighted by molar-refractivity contribution is 5.90. The molecule has 0 amide bonds. The lowest BCUT2D eigenvalue weighted by atomic mass is 9.91. The molecule has 3 aromatic rings. The van der Waals surface area contributed by atoms with Crippen LogP contribution in [0.1, 0.15) is 31.2 Å². The van der Waals surface area contributed by atoms with Crippen molar-refractivity contribution in [3.63, 3.8) is 0 Å². The molecular formula is C26H34N6O. The van der Waals surface area contributed by atoms with Gasteiger partial charge in [0.15, 0.2) is 0 Å². The molecule has 33 heavy (non-hydrogen) atoms. The van der Waals surface area contributed by atoms with E-state index < -0.39 is 0 Å².